The van der Waals surface area contributed by atoms with Crippen LogP contribution in [0.1, 0.15) is 38.9 Å². The van der Waals surface area contributed by atoms with Crippen molar-refractivity contribution in [3.63, 3.8) is 0 Å². The predicted octanol–water partition coefficient (Wildman–Crippen LogP) is 6.02. The van der Waals surface area contributed by atoms with Crippen LogP contribution in [0.3, 0.4) is 0 Å². The van der Waals surface area contributed by atoms with E-state index in [-0.39, 0.29) is 11.5 Å². The Hall–Kier alpha value is -1.74. The molecule has 0 aliphatic rings. The molecule has 2 aromatic rings. The second-order valence-electron chi connectivity index (χ2n) is 6.13. The molecule has 0 radical (unpaired) electrons. The molecule has 0 atom stereocenters. The summed E-state index contributed by atoms with van der Waals surface area (Å²) >= 11 is 3.62. The fraction of sp³-hybridized carbons (Fsp3) is 0.300. The number of phenols is 2. The Kier molecular flexibility index (Phi) is 4.63. The minimum Gasteiger partial charge on any atom is -0.507 e. The van der Waals surface area contributed by atoms with Gasteiger partial charge in [0.2, 0.25) is 0 Å². The molecule has 0 heterocycles. The molecule has 0 saturated carbocycles. The largest absolute Gasteiger partial charge is 0.507 e. The number of halogens is 1. The van der Waals surface area contributed by atoms with Crippen LogP contribution in [0.15, 0.2) is 11.1 Å². The topological polar surface area (TPSA) is 40.5 Å². The molecule has 0 bridgehead atoms. The molecule has 2 nitrogen and oxygen atoms in total. The fourth-order valence-electron chi connectivity index (χ4n) is 3.18. The summed E-state index contributed by atoms with van der Waals surface area (Å²) in [6, 6.07) is 0. The summed E-state index contributed by atoms with van der Waals surface area (Å²) in [5.74, 6) is 0.444. The third-order valence-electron chi connectivity index (χ3n) is 4.98. The van der Waals surface area contributed by atoms with E-state index in [1.807, 2.05) is 47.6 Å². The Morgan fingerprint density at radius 3 is 1.61 bits per heavy atom. The number of benzene rings is 2. The fourth-order valence-corrected chi connectivity index (χ4v) is 3.67. The third-order valence-corrected chi connectivity index (χ3v) is 6.17. The maximum Gasteiger partial charge on any atom is 0.127 e. The molecule has 2 N–H and O–H groups in total. The van der Waals surface area contributed by atoms with Gasteiger partial charge in [0.1, 0.15) is 11.5 Å². The van der Waals surface area contributed by atoms with Gasteiger partial charge in [0.25, 0.3) is 0 Å². The Morgan fingerprint density at radius 1 is 0.696 bits per heavy atom. The molecule has 2 aromatic carbocycles. The molecule has 0 aliphatic heterocycles. The smallest absolute Gasteiger partial charge is 0.127 e. The van der Waals surface area contributed by atoms with E-state index in [2.05, 4.69) is 22.5 Å². The van der Waals surface area contributed by atoms with E-state index in [4.69, 9.17) is 0 Å². The Balaban J connectivity index is 3.06. The van der Waals surface area contributed by atoms with E-state index >= 15 is 0 Å². The highest BCUT2D eigenvalue weighted by molar-refractivity contribution is 9.10. The second-order valence-corrected chi connectivity index (χ2v) is 6.92. The van der Waals surface area contributed by atoms with Gasteiger partial charge in [0.05, 0.1) is 0 Å². The molecule has 0 saturated heterocycles. The van der Waals surface area contributed by atoms with Gasteiger partial charge >= 0.3 is 0 Å². The van der Waals surface area contributed by atoms with E-state index in [9.17, 15) is 10.2 Å². The van der Waals surface area contributed by atoms with Crippen LogP contribution in [0.4, 0.5) is 0 Å². The average molecular weight is 375 g/mol. The van der Waals surface area contributed by atoms with Gasteiger partial charge in [0, 0.05) is 15.6 Å². The molecule has 2 rings (SSSR count). The van der Waals surface area contributed by atoms with Gasteiger partial charge in [-0.15, -0.1) is 0 Å². The highest BCUT2D eigenvalue weighted by Gasteiger charge is 2.24. The highest BCUT2D eigenvalue weighted by Crippen LogP contribution is 2.48. The Labute approximate surface area is 146 Å². The minimum atomic E-state index is 0.221. The summed E-state index contributed by atoms with van der Waals surface area (Å²) in [6.07, 6.45) is 1.81. The molecule has 0 unspecified atom stereocenters. The Bertz CT molecular complexity index is 804. The molecule has 23 heavy (non-hydrogen) atoms. The van der Waals surface area contributed by atoms with Crippen molar-refractivity contribution >= 4 is 22.0 Å². The summed E-state index contributed by atoms with van der Waals surface area (Å²) in [5.41, 5.74) is 7.86. The predicted molar refractivity (Wildman–Crippen MR) is 101 cm³/mol. The number of hydrogen-bond acceptors (Lipinski definition) is 2. The van der Waals surface area contributed by atoms with Crippen molar-refractivity contribution in [1.29, 1.82) is 0 Å². The summed E-state index contributed by atoms with van der Waals surface area (Å²) in [6.45, 7) is 15.5. The first-order valence-electron chi connectivity index (χ1n) is 7.58. The maximum atomic E-state index is 10.8. The van der Waals surface area contributed by atoms with Gasteiger partial charge < -0.3 is 10.2 Å². The van der Waals surface area contributed by atoms with Crippen LogP contribution in [0.2, 0.25) is 0 Å². The van der Waals surface area contributed by atoms with Gasteiger partial charge in [-0.25, -0.2) is 0 Å². The van der Waals surface area contributed by atoms with Crippen LogP contribution < -0.4 is 0 Å². The number of rotatable bonds is 2. The zero-order chi connectivity index (χ0) is 17.6. The molecule has 0 aliphatic carbocycles. The van der Waals surface area contributed by atoms with E-state index in [1.165, 1.54) is 0 Å². The van der Waals surface area contributed by atoms with Crippen molar-refractivity contribution in [3.05, 3.63) is 50.0 Å². The van der Waals surface area contributed by atoms with Crippen LogP contribution in [-0.4, -0.2) is 10.2 Å². The highest BCUT2D eigenvalue weighted by atomic mass is 79.9. The first kappa shape index (κ1) is 17.6. The van der Waals surface area contributed by atoms with Crippen molar-refractivity contribution in [2.45, 2.75) is 41.5 Å². The van der Waals surface area contributed by atoms with Crippen molar-refractivity contribution < 1.29 is 10.2 Å². The Morgan fingerprint density at radius 2 is 1.13 bits per heavy atom. The van der Waals surface area contributed by atoms with E-state index < -0.39 is 0 Å². The lowest BCUT2D eigenvalue weighted by Gasteiger charge is -2.22. The quantitative estimate of drug-likeness (QED) is 0.674. The molecule has 122 valence electrons. The number of hydrogen-bond donors (Lipinski definition) is 2. The van der Waals surface area contributed by atoms with E-state index in [0.717, 1.165) is 43.4 Å². The molecular weight excluding hydrogens is 352 g/mol. The van der Waals surface area contributed by atoms with Gasteiger partial charge in [0.15, 0.2) is 0 Å². The summed E-state index contributed by atoms with van der Waals surface area (Å²) in [5, 5.41) is 21.5. The first-order valence-corrected chi connectivity index (χ1v) is 8.38. The molecular formula is C20H23BrO2. The normalized spacial score (nSPS) is 10.9. The van der Waals surface area contributed by atoms with Gasteiger partial charge in [-0.3, -0.25) is 0 Å². The van der Waals surface area contributed by atoms with Crippen LogP contribution in [0.5, 0.6) is 11.5 Å². The third kappa shape index (κ3) is 2.47. The van der Waals surface area contributed by atoms with E-state index in [1.54, 1.807) is 0 Å². The molecule has 0 aromatic heterocycles. The minimum absolute atomic E-state index is 0.221. The lowest BCUT2D eigenvalue weighted by atomic mass is 9.85. The van der Waals surface area contributed by atoms with Crippen molar-refractivity contribution in [2.24, 2.45) is 0 Å². The zero-order valence-electron chi connectivity index (χ0n) is 14.6. The summed E-state index contributed by atoms with van der Waals surface area (Å²) < 4.78 is 0.958. The van der Waals surface area contributed by atoms with Crippen LogP contribution >= 0.6 is 15.9 Å². The molecule has 0 amide bonds. The molecule has 0 spiro atoms. The SMILES string of the molecule is C=Cc1c(C)c(C)c(O)c(-c2c(C)c(Br)c(C)c(C)c2O)c1C. The van der Waals surface area contributed by atoms with Crippen molar-refractivity contribution in [1.82, 2.24) is 0 Å². The maximum absolute atomic E-state index is 10.8. The molecule has 0 fully saturated rings. The van der Waals surface area contributed by atoms with Crippen LogP contribution in [0.25, 0.3) is 17.2 Å². The molecule has 3 heteroatoms. The van der Waals surface area contributed by atoms with E-state index in [0.29, 0.717) is 11.1 Å². The number of phenolic OH excluding ortho intramolecular Hbond substituents is 2. The van der Waals surface area contributed by atoms with Gasteiger partial charge in [-0.1, -0.05) is 28.6 Å². The van der Waals surface area contributed by atoms with Crippen molar-refractivity contribution in [2.75, 3.05) is 0 Å². The van der Waals surface area contributed by atoms with Gasteiger partial charge in [-0.05, 0) is 80.5 Å². The standard InChI is InChI=1S/C20H23BrO2/c1-8-15-9(2)11(4)19(22)16(13(15)6)17-14(7)18(21)10(3)12(5)20(17)23/h8,22-23H,1H2,2-7H3. The second kappa shape index (κ2) is 6.04. The first-order chi connectivity index (χ1) is 10.6. The van der Waals surface area contributed by atoms with Crippen LogP contribution in [0, 0.1) is 41.5 Å². The average Bonchev–Trinajstić information content (AvgIpc) is 2.52. The zero-order valence-corrected chi connectivity index (χ0v) is 16.1. The van der Waals surface area contributed by atoms with Crippen molar-refractivity contribution in [3.8, 4) is 22.6 Å². The lowest BCUT2D eigenvalue weighted by Crippen LogP contribution is -2.00. The van der Waals surface area contributed by atoms with Crippen LogP contribution in [-0.2, 0) is 0 Å². The monoisotopic (exact) mass is 374 g/mol. The lowest BCUT2D eigenvalue weighted by molar-refractivity contribution is 0.463. The summed E-state index contributed by atoms with van der Waals surface area (Å²) in [7, 11) is 0. The van der Waals surface area contributed by atoms with Gasteiger partial charge in [-0.2, -0.15) is 0 Å². The number of aromatic hydroxyl groups is 2. The summed E-state index contributed by atoms with van der Waals surface area (Å²) in [4.78, 5) is 0.